The van der Waals surface area contributed by atoms with Gasteiger partial charge in [0.2, 0.25) is 0 Å². The van der Waals surface area contributed by atoms with Crippen molar-refractivity contribution >= 4 is 0 Å². The van der Waals surface area contributed by atoms with Crippen molar-refractivity contribution < 1.29 is 9.52 Å². The highest BCUT2D eigenvalue weighted by Gasteiger charge is 2.17. The molecule has 0 radical (unpaired) electrons. The molecule has 0 aliphatic carbocycles. The Kier molecular flexibility index (Phi) is 5.03. The molecule has 16 heavy (non-hydrogen) atoms. The van der Waals surface area contributed by atoms with Crippen molar-refractivity contribution in [2.45, 2.75) is 33.2 Å². The van der Waals surface area contributed by atoms with Crippen LogP contribution in [0.25, 0.3) is 0 Å². The number of aryl methyl sites for hydroxylation is 1. The number of furan rings is 1. The van der Waals surface area contributed by atoms with Gasteiger partial charge in [-0.15, -0.1) is 0 Å². The molecule has 1 atom stereocenters. The van der Waals surface area contributed by atoms with Gasteiger partial charge >= 0.3 is 0 Å². The van der Waals surface area contributed by atoms with Crippen LogP contribution in [0.3, 0.4) is 0 Å². The van der Waals surface area contributed by atoms with Gasteiger partial charge < -0.3 is 14.4 Å². The molecular weight excluding hydrogens is 202 g/mol. The molecule has 1 heterocycles. The number of aliphatic hydroxyl groups excluding tert-OH is 1. The van der Waals surface area contributed by atoms with Crippen LogP contribution in [0.2, 0.25) is 0 Å². The zero-order chi connectivity index (χ0) is 12.1. The van der Waals surface area contributed by atoms with Gasteiger partial charge in [0, 0.05) is 19.0 Å². The minimum atomic E-state index is 0.214. The molecule has 0 spiro atoms. The lowest BCUT2D eigenvalue weighted by atomic mass is 10.0. The summed E-state index contributed by atoms with van der Waals surface area (Å²) in [5.74, 6) is 2.44. The summed E-state index contributed by atoms with van der Waals surface area (Å²) in [4.78, 5) is 2.20. The molecule has 0 aliphatic rings. The number of hydrogen-bond acceptors (Lipinski definition) is 3. The normalized spacial score (nSPS) is 13.7. The standard InChI is InChI=1S/C13H23NO2/c1-10(2)13(9-15)14(4)8-7-12-6-5-11(3)16-12/h5-6,10,13,15H,7-9H2,1-4H3. The summed E-state index contributed by atoms with van der Waals surface area (Å²) in [5.41, 5.74) is 0. The van der Waals surface area contributed by atoms with Gasteiger partial charge in [-0.25, -0.2) is 0 Å². The van der Waals surface area contributed by atoms with E-state index in [2.05, 4.69) is 25.8 Å². The van der Waals surface area contributed by atoms with Crippen molar-refractivity contribution in [1.29, 1.82) is 0 Å². The van der Waals surface area contributed by atoms with Crippen LogP contribution in [0.5, 0.6) is 0 Å². The number of likely N-dealkylation sites (N-methyl/N-ethyl adjacent to an activating group) is 1. The van der Waals surface area contributed by atoms with Crippen LogP contribution in [0.4, 0.5) is 0 Å². The fourth-order valence-electron chi connectivity index (χ4n) is 1.93. The molecule has 3 heteroatoms. The van der Waals surface area contributed by atoms with Gasteiger partial charge in [0.1, 0.15) is 11.5 Å². The molecule has 92 valence electrons. The Bertz CT molecular complexity index is 307. The fraction of sp³-hybridized carbons (Fsp3) is 0.692. The number of aliphatic hydroxyl groups is 1. The quantitative estimate of drug-likeness (QED) is 0.805. The third-order valence-corrected chi connectivity index (χ3v) is 3.03. The third kappa shape index (κ3) is 3.65. The first-order chi connectivity index (χ1) is 7.54. The zero-order valence-electron chi connectivity index (χ0n) is 10.7. The van der Waals surface area contributed by atoms with Gasteiger partial charge in [0.15, 0.2) is 0 Å². The Labute approximate surface area is 98.1 Å². The summed E-state index contributed by atoms with van der Waals surface area (Å²) in [6, 6.07) is 4.24. The van der Waals surface area contributed by atoms with Crippen molar-refractivity contribution in [1.82, 2.24) is 4.90 Å². The highest BCUT2D eigenvalue weighted by molar-refractivity contribution is 5.05. The molecule has 0 amide bonds. The Morgan fingerprint density at radius 1 is 1.38 bits per heavy atom. The predicted molar refractivity (Wildman–Crippen MR) is 65.5 cm³/mol. The molecule has 1 unspecified atom stereocenters. The molecule has 0 aromatic carbocycles. The van der Waals surface area contributed by atoms with Crippen LogP contribution < -0.4 is 0 Å². The first-order valence-electron chi connectivity index (χ1n) is 5.91. The van der Waals surface area contributed by atoms with Crippen LogP contribution in [0.1, 0.15) is 25.4 Å². The van der Waals surface area contributed by atoms with Crippen molar-refractivity contribution in [2.75, 3.05) is 20.2 Å². The summed E-state index contributed by atoms with van der Waals surface area (Å²) in [6.45, 7) is 7.35. The van der Waals surface area contributed by atoms with Crippen LogP contribution in [-0.2, 0) is 6.42 Å². The minimum Gasteiger partial charge on any atom is -0.466 e. The monoisotopic (exact) mass is 225 g/mol. The third-order valence-electron chi connectivity index (χ3n) is 3.03. The lowest BCUT2D eigenvalue weighted by Gasteiger charge is -2.29. The Hall–Kier alpha value is -0.800. The van der Waals surface area contributed by atoms with E-state index in [0.29, 0.717) is 5.92 Å². The largest absolute Gasteiger partial charge is 0.466 e. The highest BCUT2D eigenvalue weighted by Crippen LogP contribution is 2.11. The van der Waals surface area contributed by atoms with Gasteiger partial charge in [-0.2, -0.15) is 0 Å². The molecule has 0 aliphatic heterocycles. The topological polar surface area (TPSA) is 36.6 Å². The molecule has 1 N–H and O–H groups in total. The van der Waals surface area contributed by atoms with Crippen LogP contribution in [0, 0.1) is 12.8 Å². The molecule has 0 saturated heterocycles. The fourth-order valence-corrected chi connectivity index (χ4v) is 1.93. The van der Waals surface area contributed by atoms with E-state index in [4.69, 9.17) is 4.42 Å². The summed E-state index contributed by atoms with van der Waals surface area (Å²) < 4.78 is 5.52. The average molecular weight is 225 g/mol. The first-order valence-corrected chi connectivity index (χ1v) is 5.91. The Balaban J connectivity index is 2.42. The van der Waals surface area contributed by atoms with Crippen molar-refractivity contribution in [3.05, 3.63) is 23.7 Å². The lowest BCUT2D eigenvalue weighted by Crippen LogP contribution is -2.39. The van der Waals surface area contributed by atoms with E-state index in [1.165, 1.54) is 0 Å². The summed E-state index contributed by atoms with van der Waals surface area (Å²) in [7, 11) is 2.05. The number of rotatable bonds is 6. The van der Waals surface area contributed by atoms with Crippen molar-refractivity contribution in [3.63, 3.8) is 0 Å². The van der Waals surface area contributed by atoms with Crippen LogP contribution in [0.15, 0.2) is 16.5 Å². The second-order valence-electron chi connectivity index (χ2n) is 4.74. The average Bonchev–Trinajstić information content (AvgIpc) is 2.62. The lowest BCUT2D eigenvalue weighted by molar-refractivity contribution is 0.113. The molecular formula is C13H23NO2. The zero-order valence-corrected chi connectivity index (χ0v) is 10.7. The van der Waals surface area contributed by atoms with E-state index in [-0.39, 0.29) is 12.6 Å². The first kappa shape index (κ1) is 13.3. The van der Waals surface area contributed by atoms with Gasteiger partial charge in [-0.3, -0.25) is 0 Å². The summed E-state index contributed by atoms with van der Waals surface area (Å²) in [6.07, 6.45) is 0.896. The molecule has 0 saturated carbocycles. The number of hydrogen-bond donors (Lipinski definition) is 1. The molecule has 0 fully saturated rings. The van der Waals surface area contributed by atoms with Gasteiger partial charge in [0.25, 0.3) is 0 Å². The van der Waals surface area contributed by atoms with Gasteiger partial charge in [0.05, 0.1) is 6.61 Å². The van der Waals surface area contributed by atoms with E-state index in [9.17, 15) is 5.11 Å². The summed E-state index contributed by atoms with van der Waals surface area (Å²) in [5, 5.41) is 9.30. The van der Waals surface area contributed by atoms with Crippen LogP contribution in [-0.4, -0.2) is 36.2 Å². The molecule has 0 bridgehead atoms. The van der Waals surface area contributed by atoms with Crippen molar-refractivity contribution in [3.8, 4) is 0 Å². The highest BCUT2D eigenvalue weighted by atomic mass is 16.3. The molecule has 3 nitrogen and oxygen atoms in total. The summed E-state index contributed by atoms with van der Waals surface area (Å²) >= 11 is 0. The maximum atomic E-state index is 9.30. The second-order valence-corrected chi connectivity index (χ2v) is 4.74. The SMILES string of the molecule is Cc1ccc(CCN(C)C(CO)C(C)C)o1. The van der Waals surface area contributed by atoms with Gasteiger partial charge in [-0.05, 0) is 32.0 Å². The number of nitrogens with zero attached hydrogens (tertiary/aromatic N) is 1. The van der Waals surface area contributed by atoms with E-state index < -0.39 is 0 Å². The van der Waals surface area contributed by atoms with E-state index in [1.807, 2.05) is 19.1 Å². The molecule has 1 aromatic heterocycles. The maximum Gasteiger partial charge on any atom is 0.105 e. The maximum absolute atomic E-state index is 9.30. The van der Waals surface area contributed by atoms with Crippen molar-refractivity contribution in [2.24, 2.45) is 5.92 Å². The van der Waals surface area contributed by atoms with Gasteiger partial charge in [-0.1, -0.05) is 13.8 Å². The Morgan fingerprint density at radius 2 is 2.06 bits per heavy atom. The van der Waals surface area contributed by atoms with E-state index in [1.54, 1.807) is 0 Å². The Morgan fingerprint density at radius 3 is 2.50 bits per heavy atom. The van der Waals surface area contributed by atoms with E-state index >= 15 is 0 Å². The minimum absolute atomic E-state index is 0.214. The molecule has 1 rings (SSSR count). The smallest absolute Gasteiger partial charge is 0.105 e. The molecule has 1 aromatic rings. The van der Waals surface area contributed by atoms with Crippen LogP contribution >= 0.6 is 0 Å². The predicted octanol–water partition coefficient (Wildman–Crippen LogP) is 2.08. The second kappa shape index (κ2) is 6.06. The van der Waals surface area contributed by atoms with E-state index in [0.717, 1.165) is 24.5 Å².